The molecule has 0 radical (unpaired) electrons. The minimum absolute atomic E-state index is 0.0934. The van der Waals surface area contributed by atoms with Crippen molar-refractivity contribution in [2.24, 2.45) is 5.92 Å². The Labute approximate surface area is 156 Å². The molecule has 0 spiro atoms. The van der Waals surface area contributed by atoms with Gasteiger partial charge in [-0.15, -0.1) is 11.8 Å². The Morgan fingerprint density at radius 3 is 2.96 bits per heavy atom. The van der Waals surface area contributed by atoms with Gasteiger partial charge in [-0.1, -0.05) is 17.7 Å². The fraction of sp³-hybridized carbons (Fsp3) is 0.444. The average molecular weight is 386 g/mol. The Bertz CT molecular complexity index is 653. The predicted molar refractivity (Wildman–Crippen MR) is 97.2 cm³/mol. The number of aldehydes is 1. The van der Waals surface area contributed by atoms with Gasteiger partial charge in [0.05, 0.1) is 18.2 Å². The summed E-state index contributed by atoms with van der Waals surface area (Å²) >= 11 is 7.38. The number of halogens is 2. The summed E-state index contributed by atoms with van der Waals surface area (Å²) in [6.45, 7) is 0. The molecule has 0 aliphatic heterocycles. The van der Waals surface area contributed by atoms with E-state index in [1.807, 2.05) is 6.08 Å². The van der Waals surface area contributed by atoms with E-state index in [0.717, 1.165) is 29.8 Å². The number of allylic oxidation sites excluding steroid dienone is 1. The zero-order valence-electron chi connectivity index (χ0n) is 14.0. The Kier molecular flexibility index (Phi) is 8.09. The molecule has 2 unspecified atom stereocenters. The van der Waals surface area contributed by atoms with Crippen molar-refractivity contribution in [2.45, 2.75) is 36.6 Å². The van der Waals surface area contributed by atoms with Crippen molar-refractivity contribution in [3.63, 3.8) is 0 Å². The first-order valence-electron chi connectivity index (χ1n) is 8.07. The van der Waals surface area contributed by atoms with E-state index in [1.54, 1.807) is 23.9 Å². The lowest BCUT2D eigenvalue weighted by Gasteiger charge is -2.22. The lowest BCUT2D eigenvalue weighted by atomic mass is 9.85. The molecular weight excluding hydrogens is 365 g/mol. The zero-order valence-corrected chi connectivity index (χ0v) is 15.5. The highest BCUT2D eigenvalue weighted by Crippen LogP contribution is 2.30. The van der Waals surface area contributed by atoms with Crippen LogP contribution in [0.1, 0.15) is 25.7 Å². The maximum Gasteiger partial charge on any atom is 0.158 e. The van der Waals surface area contributed by atoms with Crippen LogP contribution in [0.2, 0.25) is 5.02 Å². The van der Waals surface area contributed by atoms with Gasteiger partial charge in [0.25, 0.3) is 0 Å². The highest BCUT2D eigenvalue weighted by Gasteiger charge is 2.23. The highest BCUT2D eigenvalue weighted by atomic mass is 35.5. The number of rotatable bonds is 9. The first kappa shape index (κ1) is 20.1. The molecule has 7 heteroatoms. The van der Waals surface area contributed by atoms with E-state index in [9.17, 15) is 14.0 Å². The van der Waals surface area contributed by atoms with Gasteiger partial charge in [0.15, 0.2) is 5.78 Å². The molecule has 0 bridgehead atoms. The topological polar surface area (TPSA) is 55.4 Å². The number of nitrogens with one attached hydrogen (secondary N) is 1. The minimum atomic E-state index is -0.504. The summed E-state index contributed by atoms with van der Waals surface area (Å²) in [5.74, 6) is 0.810. The Morgan fingerprint density at radius 2 is 2.32 bits per heavy atom. The van der Waals surface area contributed by atoms with E-state index in [4.69, 9.17) is 16.4 Å². The number of carbonyl (C=O) groups is 2. The van der Waals surface area contributed by atoms with E-state index in [1.165, 1.54) is 13.2 Å². The molecule has 0 fully saturated rings. The SMILES string of the molecule is CONC(C=O)CC1=CCC(CCSc2ccc(F)c(Cl)c2)CC1=O. The summed E-state index contributed by atoms with van der Waals surface area (Å²) < 4.78 is 13.1. The van der Waals surface area contributed by atoms with Gasteiger partial charge in [-0.05, 0) is 54.7 Å². The molecule has 0 saturated carbocycles. The second-order valence-electron chi connectivity index (χ2n) is 5.94. The van der Waals surface area contributed by atoms with E-state index < -0.39 is 11.9 Å². The fourth-order valence-corrected chi connectivity index (χ4v) is 4.03. The van der Waals surface area contributed by atoms with Gasteiger partial charge in [0.1, 0.15) is 12.1 Å². The van der Waals surface area contributed by atoms with Gasteiger partial charge in [0.2, 0.25) is 0 Å². The number of carbonyl (C=O) groups excluding carboxylic acids is 2. The van der Waals surface area contributed by atoms with Crippen LogP contribution in [0, 0.1) is 11.7 Å². The molecule has 136 valence electrons. The molecule has 0 aromatic heterocycles. The van der Waals surface area contributed by atoms with Crippen LogP contribution in [-0.4, -0.2) is 31.0 Å². The summed E-state index contributed by atoms with van der Waals surface area (Å²) in [4.78, 5) is 28.9. The molecule has 0 amide bonds. The normalized spacial score (nSPS) is 18.8. The molecular formula is C18H21ClFNO3S. The molecule has 2 rings (SSSR count). The second-order valence-corrected chi connectivity index (χ2v) is 7.52. The van der Waals surface area contributed by atoms with Crippen molar-refractivity contribution < 1.29 is 18.8 Å². The lowest BCUT2D eigenvalue weighted by molar-refractivity contribution is -0.117. The first-order chi connectivity index (χ1) is 12.0. The minimum Gasteiger partial charge on any atom is -0.304 e. The molecule has 0 saturated heterocycles. The van der Waals surface area contributed by atoms with Crippen molar-refractivity contribution in [3.05, 3.63) is 40.7 Å². The van der Waals surface area contributed by atoms with Gasteiger partial charge in [-0.25, -0.2) is 4.39 Å². The zero-order chi connectivity index (χ0) is 18.2. The van der Waals surface area contributed by atoms with Crippen LogP contribution in [0.15, 0.2) is 34.7 Å². The van der Waals surface area contributed by atoms with Gasteiger partial charge in [-0.2, -0.15) is 5.48 Å². The van der Waals surface area contributed by atoms with Crippen LogP contribution >= 0.6 is 23.4 Å². The molecule has 1 N–H and O–H groups in total. The van der Waals surface area contributed by atoms with Crippen molar-refractivity contribution in [2.75, 3.05) is 12.9 Å². The number of thioether (sulfide) groups is 1. The largest absolute Gasteiger partial charge is 0.304 e. The molecule has 4 nitrogen and oxygen atoms in total. The number of hydrogen-bond donors (Lipinski definition) is 1. The summed E-state index contributed by atoms with van der Waals surface area (Å²) in [6, 6.07) is 4.18. The van der Waals surface area contributed by atoms with Crippen LogP contribution < -0.4 is 5.48 Å². The number of hydrogen-bond acceptors (Lipinski definition) is 5. The number of Topliss-reactive ketones (excluding diaryl/α,β-unsaturated/α-hetero) is 1. The molecule has 1 aliphatic carbocycles. The van der Waals surface area contributed by atoms with Gasteiger partial charge < -0.3 is 9.63 Å². The van der Waals surface area contributed by atoms with Crippen LogP contribution in [0.4, 0.5) is 4.39 Å². The quantitative estimate of drug-likeness (QED) is 0.396. The van der Waals surface area contributed by atoms with Gasteiger partial charge in [0, 0.05) is 11.3 Å². The van der Waals surface area contributed by atoms with Crippen molar-refractivity contribution in [3.8, 4) is 0 Å². The Balaban J connectivity index is 1.80. The monoisotopic (exact) mass is 385 g/mol. The molecule has 1 aromatic carbocycles. The Hall–Kier alpha value is -1.21. The molecule has 25 heavy (non-hydrogen) atoms. The third-order valence-electron chi connectivity index (χ3n) is 4.09. The van der Waals surface area contributed by atoms with Crippen molar-refractivity contribution >= 4 is 35.4 Å². The van der Waals surface area contributed by atoms with E-state index >= 15 is 0 Å². The molecule has 0 heterocycles. The second kappa shape index (κ2) is 10.1. The van der Waals surface area contributed by atoms with Crippen LogP contribution in [0.3, 0.4) is 0 Å². The van der Waals surface area contributed by atoms with E-state index in [2.05, 4.69) is 5.48 Å². The molecule has 1 aromatic rings. The van der Waals surface area contributed by atoms with Crippen molar-refractivity contribution in [1.29, 1.82) is 0 Å². The first-order valence-corrected chi connectivity index (χ1v) is 9.43. The highest BCUT2D eigenvalue weighted by molar-refractivity contribution is 7.99. The molecule has 2 atom stereocenters. The smallest absolute Gasteiger partial charge is 0.158 e. The summed E-state index contributed by atoms with van der Waals surface area (Å²) in [6.07, 6.45) is 5.24. The number of benzene rings is 1. The van der Waals surface area contributed by atoms with Crippen LogP contribution in [0.5, 0.6) is 0 Å². The maximum atomic E-state index is 13.1. The summed E-state index contributed by atoms with van der Waals surface area (Å²) in [5.41, 5.74) is 3.26. The van der Waals surface area contributed by atoms with Gasteiger partial charge in [-0.3, -0.25) is 4.79 Å². The van der Waals surface area contributed by atoms with Gasteiger partial charge >= 0.3 is 0 Å². The molecule has 1 aliphatic rings. The predicted octanol–water partition coefficient (Wildman–Crippen LogP) is 3.98. The van der Waals surface area contributed by atoms with Crippen molar-refractivity contribution in [1.82, 2.24) is 5.48 Å². The average Bonchev–Trinajstić information content (AvgIpc) is 2.59. The van der Waals surface area contributed by atoms with E-state index in [-0.39, 0.29) is 10.8 Å². The van der Waals surface area contributed by atoms with Crippen LogP contribution in [-0.2, 0) is 14.4 Å². The standard InChI is InChI=1S/C18H21ClFNO3S/c1-24-21-14(11-22)9-13-3-2-12(8-18(13)23)6-7-25-15-4-5-17(20)16(19)10-15/h3-5,10-12,14,21H,2,6-9H2,1H3. The fourth-order valence-electron chi connectivity index (χ4n) is 2.73. The number of hydroxylamine groups is 1. The third kappa shape index (κ3) is 6.22. The third-order valence-corrected chi connectivity index (χ3v) is 5.41. The van der Waals surface area contributed by atoms with Crippen LogP contribution in [0.25, 0.3) is 0 Å². The van der Waals surface area contributed by atoms with E-state index in [0.29, 0.717) is 24.3 Å². The Morgan fingerprint density at radius 1 is 1.52 bits per heavy atom. The lowest BCUT2D eigenvalue weighted by Crippen LogP contribution is -2.31. The maximum absolute atomic E-state index is 13.1. The summed E-state index contributed by atoms with van der Waals surface area (Å²) in [7, 11) is 1.44. The number of ketones is 1. The summed E-state index contributed by atoms with van der Waals surface area (Å²) in [5, 5.41) is 0.125.